The number of rotatable bonds is 6. The van der Waals surface area contributed by atoms with Gasteiger partial charge in [0.05, 0.1) is 4.88 Å². The number of halogens is 3. The Morgan fingerprint density at radius 1 is 0.655 bits per heavy atom. The Balaban J connectivity index is 0.000000171. The molecule has 0 fully saturated rings. The summed E-state index contributed by atoms with van der Waals surface area (Å²) in [7, 11) is 0. The molecule has 5 heterocycles. The molecule has 0 radical (unpaired) electrons. The fourth-order valence-electron chi connectivity index (χ4n) is 4.51. The van der Waals surface area contributed by atoms with E-state index in [2.05, 4.69) is 30.3 Å². The number of aromatic nitrogens is 5. The van der Waals surface area contributed by atoms with Crippen LogP contribution >= 0.6 is 68.8 Å². The topological polar surface area (TPSA) is 102 Å². The molecular formula is C41H31Cl3LiN5O2S3. The minimum absolute atomic E-state index is 0. The number of nitrogens with zero attached hydrogens (tertiary/aromatic N) is 5. The van der Waals surface area contributed by atoms with Gasteiger partial charge in [-0.1, -0.05) is 83.0 Å². The molecule has 7 nitrogen and oxygen atoms in total. The summed E-state index contributed by atoms with van der Waals surface area (Å²) in [4.78, 5) is 31.9. The Labute approximate surface area is 358 Å². The molecule has 0 saturated carbocycles. The predicted octanol–water partition coefficient (Wildman–Crippen LogP) is 9.13. The average molecular weight is 835 g/mol. The maximum absolute atomic E-state index is 10.8. The Hall–Kier alpha value is -4.05. The van der Waals surface area contributed by atoms with Crippen LogP contribution in [0.5, 0.6) is 0 Å². The number of ketones is 1. The summed E-state index contributed by atoms with van der Waals surface area (Å²) in [6, 6.07) is 29.8. The summed E-state index contributed by atoms with van der Waals surface area (Å²) in [5.41, 5.74) is 3.63. The normalized spacial score (nSPS) is 11.2. The maximum atomic E-state index is 10.8. The maximum Gasteiger partial charge on any atom is 1.00 e. The molecule has 0 saturated heterocycles. The second-order valence-electron chi connectivity index (χ2n) is 11.3. The second-order valence-corrected chi connectivity index (χ2v) is 15.3. The van der Waals surface area contributed by atoms with Crippen LogP contribution in [-0.4, -0.2) is 35.8 Å². The molecule has 0 aliphatic heterocycles. The van der Waals surface area contributed by atoms with E-state index in [-0.39, 0.29) is 24.6 Å². The Morgan fingerprint density at radius 3 is 1.58 bits per heavy atom. The first-order valence-electron chi connectivity index (χ1n) is 16.1. The molecule has 0 amide bonds. The smallest absolute Gasteiger partial charge is 0.380 e. The molecule has 0 spiro atoms. The molecule has 272 valence electrons. The molecule has 55 heavy (non-hydrogen) atoms. The third-order valence-electron chi connectivity index (χ3n) is 7.41. The number of Topliss-reactive ketones (excluding diaryl/α,β-unsaturated/α-hetero) is 1. The molecule has 1 N–H and O–H groups in total. The fraction of sp³-hybridized carbons (Fsp3) is 0.0732. The Morgan fingerprint density at radius 2 is 1.15 bits per heavy atom. The largest absolute Gasteiger partial charge is 1.00 e. The number of hydrogen-bond acceptors (Lipinski definition) is 10. The van der Waals surface area contributed by atoms with E-state index in [0.29, 0.717) is 10.6 Å². The van der Waals surface area contributed by atoms with Gasteiger partial charge in [0.2, 0.25) is 0 Å². The van der Waals surface area contributed by atoms with Gasteiger partial charge in [-0.25, -0.2) is 9.97 Å². The van der Waals surface area contributed by atoms with Crippen molar-refractivity contribution in [3.05, 3.63) is 182 Å². The molecule has 0 aliphatic rings. The predicted molar refractivity (Wildman–Crippen MR) is 224 cm³/mol. The summed E-state index contributed by atoms with van der Waals surface area (Å²) in [5, 5.41) is 20.8. The van der Waals surface area contributed by atoms with Gasteiger partial charge in [-0.2, -0.15) is 5.38 Å². The zero-order valence-electron chi connectivity index (χ0n) is 29.8. The molecule has 0 bridgehead atoms. The van der Waals surface area contributed by atoms with E-state index in [0.717, 1.165) is 52.2 Å². The van der Waals surface area contributed by atoms with Gasteiger partial charge in [0.1, 0.15) is 15.6 Å². The first kappa shape index (κ1) is 43.7. The van der Waals surface area contributed by atoms with E-state index in [4.69, 9.17) is 34.8 Å². The van der Waals surface area contributed by atoms with E-state index in [1.165, 1.54) is 29.6 Å². The monoisotopic (exact) mass is 833 g/mol. The average Bonchev–Trinajstić information content (AvgIpc) is 4.02. The Bertz CT molecular complexity index is 2220. The van der Waals surface area contributed by atoms with Crippen molar-refractivity contribution in [2.24, 2.45) is 0 Å². The van der Waals surface area contributed by atoms with E-state index < -0.39 is 5.60 Å². The first-order valence-corrected chi connectivity index (χ1v) is 19.7. The quantitative estimate of drug-likeness (QED) is 0.101. The van der Waals surface area contributed by atoms with Crippen LogP contribution in [-0.2, 0) is 5.60 Å². The molecule has 1 unspecified atom stereocenters. The molecule has 1 atom stereocenters. The van der Waals surface area contributed by atoms with Crippen molar-refractivity contribution in [2.45, 2.75) is 19.4 Å². The van der Waals surface area contributed by atoms with Gasteiger partial charge in [0, 0.05) is 74.3 Å². The van der Waals surface area contributed by atoms with E-state index >= 15 is 0 Å². The summed E-state index contributed by atoms with van der Waals surface area (Å²) in [6.45, 7) is 3.30. The van der Waals surface area contributed by atoms with Crippen LogP contribution < -0.4 is 18.9 Å². The molecule has 8 rings (SSSR count). The first-order chi connectivity index (χ1) is 26.1. The fourth-order valence-corrected chi connectivity index (χ4v) is 7.10. The molecular weight excluding hydrogens is 804 g/mol. The van der Waals surface area contributed by atoms with Crippen molar-refractivity contribution in [2.75, 3.05) is 0 Å². The number of benzene rings is 3. The van der Waals surface area contributed by atoms with Gasteiger partial charge in [-0.05, 0) is 85.1 Å². The summed E-state index contributed by atoms with van der Waals surface area (Å²) < 4.78 is 0. The van der Waals surface area contributed by atoms with Gasteiger partial charge in [-0.15, -0.1) is 22.7 Å². The third-order valence-corrected chi connectivity index (χ3v) is 11.0. The minimum Gasteiger partial charge on any atom is -0.380 e. The van der Waals surface area contributed by atoms with Crippen LogP contribution in [0.15, 0.2) is 146 Å². The van der Waals surface area contributed by atoms with Gasteiger partial charge >= 0.3 is 18.9 Å². The van der Waals surface area contributed by atoms with Crippen molar-refractivity contribution >= 4 is 74.6 Å². The van der Waals surface area contributed by atoms with E-state index in [1.54, 1.807) is 73.8 Å². The second kappa shape index (κ2) is 21.9. The van der Waals surface area contributed by atoms with Crippen LogP contribution in [0.2, 0.25) is 15.1 Å². The summed E-state index contributed by atoms with van der Waals surface area (Å²) in [5.74, 6) is 0.0809. The van der Waals surface area contributed by atoms with Crippen molar-refractivity contribution in [1.29, 1.82) is 0 Å². The van der Waals surface area contributed by atoms with Crippen molar-refractivity contribution in [1.82, 2.24) is 24.9 Å². The zero-order chi connectivity index (χ0) is 38.3. The van der Waals surface area contributed by atoms with E-state index in [9.17, 15) is 9.90 Å². The number of hydrogen-bond donors (Lipinski definition) is 1. The van der Waals surface area contributed by atoms with Crippen molar-refractivity contribution < 1.29 is 28.8 Å². The van der Waals surface area contributed by atoms with Crippen LogP contribution in [0.25, 0.3) is 31.7 Å². The summed E-state index contributed by atoms with van der Waals surface area (Å²) in [6.07, 6.45) is 11.8. The van der Waals surface area contributed by atoms with Gasteiger partial charge in [-0.3, -0.25) is 14.8 Å². The Kier molecular flexibility index (Phi) is 17.4. The third kappa shape index (κ3) is 13.3. The number of carbonyl (C=O) groups excluding carboxylic acids is 1. The van der Waals surface area contributed by atoms with Crippen LogP contribution in [0, 0.1) is 5.38 Å². The van der Waals surface area contributed by atoms with Crippen molar-refractivity contribution in [3.63, 3.8) is 0 Å². The van der Waals surface area contributed by atoms with Crippen molar-refractivity contribution in [3.8, 4) is 31.7 Å². The SMILES string of the molecule is CC(=O)c1ccncc1.CC(O)(c1ccncc1)c1cnc(-c2ccc(Cl)cc2)s1.Clc1ccc(-c2nc[c-]s2)cc1.Clc1ccc(-c2nccs2)cc1.[Li+]. The van der Waals surface area contributed by atoms with E-state index in [1.807, 2.05) is 90.3 Å². The van der Waals surface area contributed by atoms with Crippen LogP contribution in [0.1, 0.15) is 34.6 Å². The molecule has 8 aromatic rings. The molecule has 3 aromatic carbocycles. The van der Waals surface area contributed by atoms with Gasteiger partial charge in [0.15, 0.2) is 5.78 Å². The molecule has 5 aromatic heterocycles. The number of aliphatic hydroxyl groups is 1. The van der Waals surface area contributed by atoms with Crippen LogP contribution in [0.4, 0.5) is 0 Å². The zero-order valence-corrected chi connectivity index (χ0v) is 34.5. The number of pyridine rings is 2. The van der Waals surface area contributed by atoms with Gasteiger partial charge < -0.3 is 21.4 Å². The number of carbonyl (C=O) groups is 1. The van der Waals surface area contributed by atoms with Gasteiger partial charge in [0.25, 0.3) is 0 Å². The van der Waals surface area contributed by atoms with Crippen LogP contribution in [0.3, 0.4) is 0 Å². The molecule has 14 heteroatoms. The minimum atomic E-state index is -1.08. The molecule has 0 aliphatic carbocycles. The number of thiazole rings is 3. The summed E-state index contributed by atoms with van der Waals surface area (Å²) >= 11 is 22.0. The standard InChI is InChI=1S/C16H13ClN2OS.C9H6ClNS.C9H5ClNS.C7H7NO.Li/c1-16(20,12-6-8-18-9-7-12)14-10-19-15(21-14)11-2-4-13(17)5-3-11;2*10-8-3-1-7(2-4-8)9-11-5-6-12-9;1-6(9)7-2-4-8-5-3-7;/h2-10,20H,1H3;1-6H;1-5H;2-5H,1H3;/q;;-1;;+1.